The minimum absolute atomic E-state index is 0.0689. The van der Waals surface area contributed by atoms with E-state index in [0.717, 1.165) is 11.1 Å². The van der Waals surface area contributed by atoms with Crippen LogP contribution >= 0.6 is 0 Å². The van der Waals surface area contributed by atoms with Crippen molar-refractivity contribution < 1.29 is 28.6 Å². The van der Waals surface area contributed by atoms with E-state index in [4.69, 9.17) is 14.2 Å². The molecule has 1 aromatic carbocycles. The number of ether oxygens (including phenoxy) is 3. The van der Waals surface area contributed by atoms with Gasteiger partial charge in [0.2, 0.25) is 0 Å². The molecule has 1 rings (SSSR count). The summed E-state index contributed by atoms with van der Waals surface area (Å²) in [7, 11) is 0. The highest BCUT2D eigenvalue weighted by atomic mass is 16.6. The van der Waals surface area contributed by atoms with Crippen molar-refractivity contribution in [2.24, 2.45) is 5.92 Å². The lowest BCUT2D eigenvalue weighted by Crippen LogP contribution is -2.49. The van der Waals surface area contributed by atoms with E-state index in [-0.39, 0.29) is 13.2 Å². The fourth-order valence-electron chi connectivity index (χ4n) is 2.49. The molecule has 7 heteroatoms. The maximum Gasteiger partial charge on any atom is 0.330 e. The van der Waals surface area contributed by atoms with E-state index in [1.807, 2.05) is 26.0 Å². The zero-order valence-electron chi connectivity index (χ0n) is 17.8. The van der Waals surface area contributed by atoms with Gasteiger partial charge in [-0.1, -0.05) is 6.07 Å². The number of rotatable bonds is 8. The van der Waals surface area contributed by atoms with Gasteiger partial charge < -0.3 is 19.5 Å². The first kappa shape index (κ1) is 23.5. The Balaban J connectivity index is 3.33. The van der Waals surface area contributed by atoms with E-state index >= 15 is 0 Å². The largest absolute Gasteiger partial charge is 0.465 e. The molecule has 0 unspecified atom stereocenters. The Morgan fingerprint density at radius 3 is 1.89 bits per heavy atom. The number of hydrogen-bond donors (Lipinski definition) is 1. The standard InChI is InChI=1S/C21H31NO6/c1-8-26-18(23)16(19(24)27-9-2)17(20(25)28-21(5,6)7)22-15-11-10-13(3)14(4)12-15/h10-12,16-17,22H,8-9H2,1-7H3/t17-/m1/s1. The van der Waals surface area contributed by atoms with Crippen LogP contribution in [0.15, 0.2) is 18.2 Å². The predicted octanol–water partition coefficient (Wildman–Crippen LogP) is 3.17. The average molecular weight is 393 g/mol. The first-order valence-electron chi connectivity index (χ1n) is 9.40. The molecule has 156 valence electrons. The molecule has 1 N–H and O–H groups in total. The van der Waals surface area contributed by atoms with E-state index in [2.05, 4.69) is 5.32 Å². The average Bonchev–Trinajstić information content (AvgIpc) is 2.56. The molecule has 0 aliphatic carbocycles. The van der Waals surface area contributed by atoms with Crippen LogP contribution in [0.5, 0.6) is 0 Å². The molecule has 1 aromatic rings. The molecule has 28 heavy (non-hydrogen) atoms. The maximum atomic E-state index is 12.9. The maximum absolute atomic E-state index is 12.9. The second kappa shape index (κ2) is 10.1. The molecule has 0 bridgehead atoms. The molecule has 0 aromatic heterocycles. The van der Waals surface area contributed by atoms with Crippen LogP contribution in [0.25, 0.3) is 0 Å². The molecule has 0 radical (unpaired) electrons. The third-order valence-electron chi connectivity index (χ3n) is 3.90. The zero-order chi connectivity index (χ0) is 21.5. The Labute approximate surface area is 166 Å². The number of carbonyl (C=O) groups excluding carboxylic acids is 3. The van der Waals surface area contributed by atoms with E-state index in [1.54, 1.807) is 40.7 Å². The van der Waals surface area contributed by atoms with Gasteiger partial charge in [-0.2, -0.15) is 0 Å². The van der Waals surface area contributed by atoms with Crippen molar-refractivity contribution in [1.29, 1.82) is 0 Å². The molecule has 7 nitrogen and oxygen atoms in total. The van der Waals surface area contributed by atoms with Crippen LogP contribution in [0.4, 0.5) is 5.69 Å². The highest BCUT2D eigenvalue weighted by Crippen LogP contribution is 2.22. The second-order valence-corrected chi connectivity index (χ2v) is 7.44. The van der Waals surface area contributed by atoms with Crippen molar-refractivity contribution >= 4 is 23.6 Å². The lowest BCUT2D eigenvalue weighted by molar-refractivity contribution is -0.171. The molecule has 0 saturated carbocycles. The fraction of sp³-hybridized carbons (Fsp3) is 0.571. The van der Waals surface area contributed by atoms with Crippen LogP contribution in [0.2, 0.25) is 0 Å². The number of aryl methyl sites for hydroxylation is 2. The third-order valence-corrected chi connectivity index (χ3v) is 3.90. The van der Waals surface area contributed by atoms with Gasteiger partial charge in [0.15, 0.2) is 5.92 Å². The quantitative estimate of drug-likeness (QED) is 0.412. The van der Waals surface area contributed by atoms with Crippen LogP contribution in [0.1, 0.15) is 45.7 Å². The second-order valence-electron chi connectivity index (χ2n) is 7.44. The van der Waals surface area contributed by atoms with E-state index in [9.17, 15) is 14.4 Å². The first-order valence-corrected chi connectivity index (χ1v) is 9.40. The van der Waals surface area contributed by atoms with Crippen LogP contribution < -0.4 is 5.32 Å². The highest BCUT2D eigenvalue weighted by Gasteiger charge is 2.44. The lowest BCUT2D eigenvalue weighted by atomic mass is 9.98. The summed E-state index contributed by atoms with van der Waals surface area (Å²) in [6.07, 6.45) is 0. The first-order chi connectivity index (χ1) is 13.0. The van der Waals surface area contributed by atoms with Gasteiger partial charge in [-0.15, -0.1) is 0 Å². The highest BCUT2D eigenvalue weighted by molar-refractivity contribution is 6.01. The zero-order valence-corrected chi connectivity index (χ0v) is 17.8. The number of hydrogen-bond acceptors (Lipinski definition) is 7. The van der Waals surface area contributed by atoms with Crippen LogP contribution in [0.3, 0.4) is 0 Å². The molecule has 1 atom stereocenters. The smallest absolute Gasteiger partial charge is 0.330 e. The van der Waals surface area contributed by atoms with Gasteiger partial charge in [0, 0.05) is 5.69 Å². The summed E-state index contributed by atoms with van der Waals surface area (Å²) in [6, 6.07) is 4.19. The van der Waals surface area contributed by atoms with E-state index < -0.39 is 35.5 Å². The monoisotopic (exact) mass is 393 g/mol. The van der Waals surface area contributed by atoms with Crippen molar-refractivity contribution in [2.75, 3.05) is 18.5 Å². The summed E-state index contributed by atoms with van der Waals surface area (Å²) < 4.78 is 15.5. The van der Waals surface area contributed by atoms with Gasteiger partial charge in [-0.25, -0.2) is 4.79 Å². The van der Waals surface area contributed by atoms with Crippen molar-refractivity contribution in [3.63, 3.8) is 0 Å². The minimum Gasteiger partial charge on any atom is -0.465 e. The number of benzene rings is 1. The van der Waals surface area contributed by atoms with Gasteiger partial charge in [-0.3, -0.25) is 9.59 Å². The SMILES string of the molecule is CCOC(=O)C(C(=O)OCC)[C@@H](Nc1ccc(C)c(C)c1)C(=O)OC(C)(C)C. The molecule has 0 fully saturated rings. The van der Waals surface area contributed by atoms with Crippen LogP contribution in [-0.2, 0) is 28.6 Å². The van der Waals surface area contributed by atoms with E-state index in [1.165, 1.54) is 0 Å². The summed E-state index contributed by atoms with van der Waals surface area (Å²) in [5.74, 6) is -3.91. The summed E-state index contributed by atoms with van der Waals surface area (Å²) in [5.41, 5.74) is 1.86. The predicted molar refractivity (Wildman–Crippen MR) is 106 cm³/mol. The van der Waals surface area contributed by atoms with E-state index in [0.29, 0.717) is 5.69 Å². The third kappa shape index (κ3) is 6.87. The topological polar surface area (TPSA) is 90.9 Å². The number of carbonyl (C=O) groups is 3. The van der Waals surface area contributed by atoms with Crippen molar-refractivity contribution in [3.05, 3.63) is 29.3 Å². The summed E-state index contributed by atoms with van der Waals surface area (Å²) in [4.78, 5) is 37.9. The number of nitrogens with one attached hydrogen (secondary N) is 1. The lowest BCUT2D eigenvalue weighted by Gasteiger charge is -2.28. The number of esters is 3. The fourth-order valence-corrected chi connectivity index (χ4v) is 2.49. The van der Waals surface area contributed by atoms with Gasteiger partial charge in [0.1, 0.15) is 11.6 Å². The Hall–Kier alpha value is -2.57. The van der Waals surface area contributed by atoms with Crippen molar-refractivity contribution in [3.8, 4) is 0 Å². The molecule has 0 aliphatic heterocycles. The Bertz CT molecular complexity index is 689. The van der Waals surface area contributed by atoms with Gasteiger partial charge in [0.25, 0.3) is 0 Å². The summed E-state index contributed by atoms with van der Waals surface area (Å²) >= 11 is 0. The Morgan fingerprint density at radius 2 is 1.46 bits per heavy atom. The Morgan fingerprint density at radius 1 is 0.929 bits per heavy atom. The van der Waals surface area contributed by atoms with Crippen molar-refractivity contribution in [1.82, 2.24) is 0 Å². The normalized spacial score (nSPS) is 12.3. The van der Waals surface area contributed by atoms with Gasteiger partial charge in [0.05, 0.1) is 13.2 Å². The molecular weight excluding hydrogens is 362 g/mol. The molecule has 0 spiro atoms. The molecular formula is C21H31NO6. The van der Waals surface area contributed by atoms with Crippen molar-refractivity contribution in [2.45, 2.75) is 60.1 Å². The molecule has 0 heterocycles. The van der Waals surface area contributed by atoms with Crippen LogP contribution in [-0.4, -0.2) is 42.8 Å². The van der Waals surface area contributed by atoms with Gasteiger partial charge >= 0.3 is 17.9 Å². The molecule has 0 amide bonds. The number of anilines is 1. The molecule has 0 saturated heterocycles. The molecule has 0 aliphatic rings. The minimum atomic E-state index is -1.49. The summed E-state index contributed by atoms with van der Waals surface area (Å²) in [5, 5.41) is 2.97. The Kier molecular flexibility index (Phi) is 8.47. The summed E-state index contributed by atoms with van der Waals surface area (Å²) in [6.45, 7) is 12.4. The van der Waals surface area contributed by atoms with Crippen LogP contribution in [0, 0.1) is 19.8 Å². The van der Waals surface area contributed by atoms with Gasteiger partial charge in [-0.05, 0) is 71.7 Å².